The summed E-state index contributed by atoms with van der Waals surface area (Å²) in [4.78, 5) is 35.2. The minimum Gasteiger partial charge on any atom is -0.360 e. The highest BCUT2D eigenvalue weighted by Gasteiger charge is 2.39. The van der Waals surface area contributed by atoms with Gasteiger partial charge in [0, 0.05) is 44.1 Å². The van der Waals surface area contributed by atoms with Gasteiger partial charge in [0.15, 0.2) is 5.69 Å². The van der Waals surface area contributed by atoms with Crippen LogP contribution in [0.2, 0.25) is 0 Å². The molecule has 1 rings (SSSR count). The molecule has 0 aromatic heterocycles. The summed E-state index contributed by atoms with van der Waals surface area (Å²) in [6.07, 6.45) is -0.654. The predicted molar refractivity (Wildman–Crippen MR) is 138 cm³/mol. The average molecular weight is 539 g/mol. The molecule has 206 valence electrons. The molecule has 0 atom stereocenters. The Morgan fingerprint density at radius 1 is 0.833 bits per heavy atom. The minimum absolute atomic E-state index is 0.255. The molecule has 0 saturated carbocycles. The van der Waals surface area contributed by atoms with Gasteiger partial charge in [0.1, 0.15) is 0 Å². The lowest BCUT2D eigenvalue weighted by molar-refractivity contribution is -0.393. The molecular weight excluding hydrogens is 501 g/mol. The largest absolute Gasteiger partial charge is 0.416 e. The molecule has 0 radical (unpaired) electrons. The van der Waals surface area contributed by atoms with E-state index in [-0.39, 0.29) is 24.0 Å². The number of anilines is 1. The number of hydrogen-bond donors (Lipinski definition) is 0. The zero-order valence-electron chi connectivity index (χ0n) is 21.6. The fourth-order valence-electron chi connectivity index (χ4n) is 3.36. The third-order valence-electron chi connectivity index (χ3n) is 4.77. The lowest BCUT2D eigenvalue weighted by Gasteiger charge is -2.23. The number of hydrogen-bond acceptors (Lipinski definition) is 7. The van der Waals surface area contributed by atoms with Crippen molar-refractivity contribution in [1.82, 2.24) is 4.90 Å². The second-order valence-electron chi connectivity index (χ2n) is 7.96. The molecule has 0 heterocycles. The van der Waals surface area contributed by atoms with Crippen molar-refractivity contribution in [3.05, 3.63) is 37.9 Å². The summed E-state index contributed by atoms with van der Waals surface area (Å²) in [6, 6.07) is 0.696. The van der Waals surface area contributed by atoms with Crippen molar-refractivity contribution in [3.8, 4) is 0 Å². The third-order valence-corrected chi connectivity index (χ3v) is 5.89. The van der Waals surface area contributed by atoms with Crippen LogP contribution in [0, 0.1) is 20.2 Å². The van der Waals surface area contributed by atoms with Gasteiger partial charge in [-0.3, -0.25) is 25.0 Å². The number of thioether (sulfide) groups is 1. The Morgan fingerprint density at radius 3 is 1.56 bits per heavy atom. The number of nitro groups is 2. The van der Waals surface area contributed by atoms with E-state index in [2.05, 4.69) is 20.8 Å². The van der Waals surface area contributed by atoms with Gasteiger partial charge in [-0.2, -0.15) is 13.2 Å². The van der Waals surface area contributed by atoms with Gasteiger partial charge >= 0.3 is 6.18 Å². The number of carbonyl (C=O) groups is 1. The number of halogens is 3. The summed E-state index contributed by atoms with van der Waals surface area (Å²) < 4.78 is 38.5. The van der Waals surface area contributed by atoms with E-state index in [9.17, 15) is 38.2 Å². The first-order valence-corrected chi connectivity index (χ1v) is 13.1. The first-order valence-electron chi connectivity index (χ1n) is 12.1. The van der Waals surface area contributed by atoms with Gasteiger partial charge in [0.05, 0.1) is 15.4 Å². The number of benzene rings is 1. The highest BCUT2D eigenvalue weighted by atomic mass is 32.2. The molecule has 0 aliphatic heterocycles. The van der Waals surface area contributed by atoms with Gasteiger partial charge in [-0.1, -0.05) is 46.4 Å². The number of amides is 1. The maximum atomic E-state index is 12.8. The summed E-state index contributed by atoms with van der Waals surface area (Å²) >= 11 is 1.45. The molecule has 0 aliphatic carbocycles. The fraction of sp³-hybridized carbons (Fsp3) is 0.696. The van der Waals surface area contributed by atoms with Crippen molar-refractivity contribution < 1.29 is 27.8 Å². The molecule has 1 aromatic carbocycles. The lowest BCUT2D eigenvalue weighted by atomic mass is 10.1. The Balaban J connectivity index is 0.000000802. The first kappa shape index (κ1) is 33.4. The Labute approximate surface area is 214 Å². The molecule has 1 aromatic rings. The average Bonchev–Trinajstić information content (AvgIpc) is 2.81. The van der Waals surface area contributed by atoms with Crippen molar-refractivity contribution in [2.75, 3.05) is 36.8 Å². The van der Waals surface area contributed by atoms with E-state index < -0.39 is 33.0 Å². The summed E-state index contributed by atoms with van der Waals surface area (Å²) in [7, 11) is 0. The van der Waals surface area contributed by atoms with Gasteiger partial charge < -0.3 is 9.80 Å². The van der Waals surface area contributed by atoms with E-state index in [0.29, 0.717) is 25.0 Å². The van der Waals surface area contributed by atoms with Crippen molar-refractivity contribution in [1.29, 1.82) is 0 Å². The maximum absolute atomic E-state index is 12.8. The zero-order chi connectivity index (χ0) is 27.9. The van der Waals surface area contributed by atoms with Crippen molar-refractivity contribution in [3.63, 3.8) is 0 Å². The number of carbonyl (C=O) groups excluding carboxylic acids is 1. The molecule has 0 fully saturated rings. The molecule has 0 bridgehead atoms. The van der Waals surface area contributed by atoms with E-state index in [0.717, 1.165) is 38.1 Å². The number of nitrogens with zero attached hydrogens (tertiary/aromatic N) is 4. The van der Waals surface area contributed by atoms with Gasteiger partial charge in [-0.25, -0.2) is 0 Å². The SMILES string of the molecule is CCCN(CCC)c1c([N+](=O)[O-])cc(C(F)(F)F)cc1[N+](=O)[O-].CCCSC(=O)N(CCC)CCC. The third kappa shape index (κ3) is 11.0. The van der Waals surface area contributed by atoms with Crippen molar-refractivity contribution in [2.24, 2.45) is 0 Å². The Morgan fingerprint density at radius 2 is 1.25 bits per heavy atom. The summed E-state index contributed by atoms with van der Waals surface area (Å²) in [5.41, 5.74) is -3.61. The molecule has 0 unspecified atom stereocenters. The topological polar surface area (TPSA) is 110 Å². The van der Waals surface area contributed by atoms with Crippen LogP contribution in [0.4, 0.5) is 35.0 Å². The van der Waals surface area contributed by atoms with Crippen LogP contribution < -0.4 is 4.90 Å². The molecule has 9 nitrogen and oxygen atoms in total. The Kier molecular flexibility index (Phi) is 15.8. The van der Waals surface area contributed by atoms with Crippen LogP contribution in [-0.2, 0) is 6.18 Å². The number of nitro benzene ring substituents is 2. The van der Waals surface area contributed by atoms with Gasteiger partial charge in [0.2, 0.25) is 0 Å². The van der Waals surface area contributed by atoms with Gasteiger partial charge in [-0.05, 0) is 32.1 Å². The zero-order valence-corrected chi connectivity index (χ0v) is 22.4. The highest BCUT2D eigenvalue weighted by Crippen LogP contribution is 2.43. The second kappa shape index (κ2) is 17.0. The van der Waals surface area contributed by atoms with Crippen LogP contribution in [0.1, 0.15) is 72.3 Å². The molecule has 1 amide bonds. The molecule has 36 heavy (non-hydrogen) atoms. The Bertz CT molecular complexity index is 809. The summed E-state index contributed by atoms with van der Waals surface area (Å²) in [5.74, 6) is 0.947. The number of alkyl halides is 3. The fourth-order valence-corrected chi connectivity index (χ4v) is 4.10. The van der Waals surface area contributed by atoms with E-state index in [1.165, 1.54) is 16.7 Å². The van der Waals surface area contributed by atoms with Crippen LogP contribution in [0.5, 0.6) is 0 Å². The Hall–Kier alpha value is -2.57. The lowest BCUT2D eigenvalue weighted by Crippen LogP contribution is -2.29. The van der Waals surface area contributed by atoms with Crippen LogP contribution in [0.15, 0.2) is 12.1 Å². The number of rotatable bonds is 13. The molecular formula is C23H37F3N4O5S. The first-order chi connectivity index (χ1) is 16.9. The molecule has 0 aliphatic rings. The minimum atomic E-state index is -4.91. The predicted octanol–water partition coefficient (Wildman–Crippen LogP) is 7.52. The normalized spacial score (nSPS) is 10.9. The maximum Gasteiger partial charge on any atom is 0.416 e. The van der Waals surface area contributed by atoms with E-state index in [4.69, 9.17) is 0 Å². The molecule has 0 spiro atoms. The van der Waals surface area contributed by atoms with Crippen LogP contribution >= 0.6 is 11.8 Å². The van der Waals surface area contributed by atoms with Crippen molar-refractivity contribution >= 4 is 34.1 Å². The van der Waals surface area contributed by atoms with Crippen LogP contribution in [-0.4, -0.2) is 51.9 Å². The van der Waals surface area contributed by atoms with Crippen LogP contribution in [0.25, 0.3) is 0 Å². The smallest absolute Gasteiger partial charge is 0.360 e. The van der Waals surface area contributed by atoms with Gasteiger partial charge in [0.25, 0.3) is 16.6 Å². The quantitative estimate of drug-likeness (QED) is 0.189. The summed E-state index contributed by atoms with van der Waals surface area (Å²) in [5, 5.41) is 22.6. The molecule has 13 heteroatoms. The van der Waals surface area contributed by atoms with E-state index in [1.807, 2.05) is 4.90 Å². The highest BCUT2D eigenvalue weighted by molar-refractivity contribution is 8.13. The standard InChI is InChI=1S/C13H16F3N3O4.C10H21NOS/c1-3-5-17(6-4-2)12-10(18(20)21)7-9(13(14,15)16)8-11(12)19(22)23;1-4-7-11(8-5-2)10(12)13-9-6-3/h7-8H,3-6H2,1-2H3;4-9H2,1-3H3. The molecule has 0 saturated heterocycles. The monoisotopic (exact) mass is 538 g/mol. The van der Waals surface area contributed by atoms with Crippen LogP contribution in [0.3, 0.4) is 0 Å². The van der Waals surface area contributed by atoms with Gasteiger partial charge in [-0.15, -0.1) is 0 Å². The van der Waals surface area contributed by atoms with Crippen molar-refractivity contribution in [2.45, 2.75) is 72.9 Å². The molecule has 0 N–H and O–H groups in total. The second-order valence-corrected chi connectivity index (χ2v) is 9.01. The van der Waals surface area contributed by atoms with E-state index in [1.54, 1.807) is 13.8 Å². The summed E-state index contributed by atoms with van der Waals surface area (Å²) in [6.45, 7) is 12.2. The van der Waals surface area contributed by atoms with E-state index >= 15 is 0 Å².